The van der Waals surface area contributed by atoms with E-state index in [1.165, 1.54) is 0 Å². The van der Waals surface area contributed by atoms with E-state index in [1.54, 1.807) is 6.07 Å². The van der Waals surface area contributed by atoms with Crippen LogP contribution in [0.25, 0.3) is 16.6 Å². The van der Waals surface area contributed by atoms with Crippen LogP contribution in [0.2, 0.25) is 0 Å². The summed E-state index contributed by atoms with van der Waals surface area (Å²) in [5.74, 6) is 0. The largest absolute Gasteiger partial charge is 0.299 e. The number of aromatic nitrogens is 1. The van der Waals surface area contributed by atoms with Gasteiger partial charge in [0.05, 0.1) is 16.8 Å². The Labute approximate surface area is 137 Å². The van der Waals surface area contributed by atoms with E-state index < -0.39 is 0 Å². The van der Waals surface area contributed by atoms with E-state index >= 15 is 0 Å². The first-order chi connectivity index (χ1) is 10.7. The summed E-state index contributed by atoms with van der Waals surface area (Å²) in [6.07, 6.45) is 0. The predicted octanol–water partition coefficient (Wildman–Crippen LogP) is 4.83. The first-order valence-electron chi connectivity index (χ1n) is 6.86. The van der Waals surface area contributed by atoms with Gasteiger partial charge in [0.15, 0.2) is 0 Å². The zero-order valence-electron chi connectivity index (χ0n) is 11.9. The lowest BCUT2D eigenvalue weighted by molar-refractivity contribution is 1.04. The SMILES string of the molecule is CC(Br)c1c(C#N)n(-c2ccccc2C#N)c2ccccc12. The fraction of sp³-hybridized carbons (Fsp3) is 0.111. The van der Waals surface area contributed by atoms with Gasteiger partial charge in [0.25, 0.3) is 0 Å². The maximum atomic E-state index is 9.70. The standard InChI is InChI=1S/C18H12BrN3/c1-12(19)18-14-7-3-5-9-16(14)22(17(18)11-21)15-8-4-2-6-13(15)10-20/h2-9,12H,1H3. The molecule has 0 aliphatic rings. The summed E-state index contributed by atoms with van der Waals surface area (Å²) < 4.78 is 1.88. The molecule has 3 rings (SSSR count). The van der Waals surface area contributed by atoms with Crippen LogP contribution in [0.1, 0.15) is 28.6 Å². The topological polar surface area (TPSA) is 52.5 Å². The van der Waals surface area contributed by atoms with E-state index in [9.17, 15) is 10.5 Å². The van der Waals surface area contributed by atoms with E-state index in [0.29, 0.717) is 11.3 Å². The second-order valence-electron chi connectivity index (χ2n) is 4.97. The molecule has 1 heterocycles. The molecule has 0 radical (unpaired) electrons. The minimum Gasteiger partial charge on any atom is -0.299 e. The second kappa shape index (κ2) is 5.67. The molecule has 0 fully saturated rings. The molecule has 0 saturated heterocycles. The van der Waals surface area contributed by atoms with Crippen LogP contribution in [0.4, 0.5) is 0 Å². The van der Waals surface area contributed by atoms with Crippen LogP contribution in [0.15, 0.2) is 48.5 Å². The van der Waals surface area contributed by atoms with E-state index in [1.807, 2.05) is 54.0 Å². The lowest BCUT2D eigenvalue weighted by Gasteiger charge is -2.09. The summed E-state index contributed by atoms with van der Waals surface area (Å²) in [7, 11) is 0. The van der Waals surface area contributed by atoms with Crippen molar-refractivity contribution >= 4 is 26.8 Å². The zero-order chi connectivity index (χ0) is 15.7. The number of nitrogens with zero attached hydrogens (tertiary/aromatic N) is 3. The maximum Gasteiger partial charge on any atom is 0.130 e. The highest BCUT2D eigenvalue weighted by molar-refractivity contribution is 9.09. The van der Waals surface area contributed by atoms with Gasteiger partial charge in [-0.25, -0.2) is 0 Å². The molecule has 0 bridgehead atoms. The molecule has 0 N–H and O–H groups in total. The Bertz CT molecular complexity index is 939. The van der Waals surface area contributed by atoms with Crippen LogP contribution in [0.5, 0.6) is 0 Å². The molecular formula is C18H12BrN3. The van der Waals surface area contributed by atoms with Crippen LogP contribution in [-0.2, 0) is 0 Å². The number of benzene rings is 2. The summed E-state index contributed by atoms with van der Waals surface area (Å²) in [6, 6.07) is 19.7. The third-order valence-corrected chi connectivity index (χ3v) is 4.14. The normalized spacial score (nSPS) is 11.8. The van der Waals surface area contributed by atoms with Gasteiger partial charge in [-0.15, -0.1) is 0 Å². The Hall–Kier alpha value is -2.56. The Morgan fingerprint density at radius 2 is 1.68 bits per heavy atom. The van der Waals surface area contributed by atoms with Gasteiger partial charge in [-0.2, -0.15) is 10.5 Å². The Morgan fingerprint density at radius 3 is 2.36 bits per heavy atom. The molecule has 0 aliphatic heterocycles. The molecule has 3 aromatic rings. The summed E-state index contributed by atoms with van der Waals surface area (Å²) in [5.41, 5.74) is 3.73. The molecule has 1 atom stereocenters. The first-order valence-corrected chi connectivity index (χ1v) is 7.77. The van der Waals surface area contributed by atoms with Crippen molar-refractivity contribution in [1.29, 1.82) is 10.5 Å². The number of hydrogen-bond donors (Lipinski definition) is 0. The van der Waals surface area contributed by atoms with Crippen molar-refractivity contribution in [2.45, 2.75) is 11.8 Å². The summed E-state index contributed by atoms with van der Waals surface area (Å²) in [4.78, 5) is 0.0440. The number of fused-ring (bicyclic) bond motifs is 1. The van der Waals surface area contributed by atoms with Gasteiger partial charge in [0.1, 0.15) is 17.8 Å². The minimum absolute atomic E-state index is 0.0440. The van der Waals surface area contributed by atoms with Crippen molar-refractivity contribution in [3.63, 3.8) is 0 Å². The highest BCUT2D eigenvalue weighted by Crippen LogP contribution is 2.37. The Morgan fingerprint density at radius 1 is 1.00 bits per heavy atom. The molecular weight excluding hydrogens is 338 g/mol. The van der Waals surface area contributed by atoms with Crippen molar-refractivity contribution in [2.75, 3.05) is 0 Å². The van der Waals surface area contributed by atoms with Gasteiger partial charge in [-0.1, -0.05) is 46.3 Å². The van der Waals surface area contributed by atoms with Crippen LogP contribution < -0.4 is 0 Å². The average Bonchev–Trinajstić information content (AvgIpc) is 2.89. The van der Waals surface area contributed by atoms with Crippen molar-refractivity contribution in [3.8, 4) is 17.8 Å². The summed E-state index contributed by atoms with van der Waals surface area (Å²) in [6.45, 7) is 2.00. The summed E-state index contributed by atoms with van der Waals surface area (Å²) in [5, 5.41) is 20.1. The molecule has 2 aromatic carbocycles. The van der Waals surface area contributed by atoms with Gasteiger partial charge in [-0.05, 0) is 25.1 Å². The molecule has 0 spiro atoms. The Balaban J connectivity index is 2.50. The quantitative estimate of drug-likeness (QED) is 0.622. The van der Waals surface area contributed by atoms with Gasteiger partial charge in [-0.3, -0.25) is 4.57 Å². The number of nitriles is 2. The molecule has 1 aromatic heterocycles. The molecule has 0 saturated carbocycles. The number of alkyl halides is 1. The van der Waals surface area contributed by atoms with E-state index in [-0.39, 0.29) is 4.83 Å². The fourth-order valence-corrected chi connectivity index (χ4v) is 3.25. The van der Waals surface area contributed by atoms with E-state index in [4.69, 9.17) is 0 Å². The zero-order valence-corrected chi connectivity index (χ0v) is 13.5. The third kappa shape index (κ3) is 2.09. The van der Waals surface area contributed by atoms with Crippen molar-refractivity contribution in [3.05, 3.63) is 65.4 Å². The lowest BCUT2D eigenvalue weighted by atomic mass is 10.1. The van der Waals surface area contributed by atoms with E-state index in [2.05, 4.69) is 28.1 Å². The first kappa shape index (κ1) is 14.4. The van der Waals surface area contributed by atoms with E-state index in [0.717, 1.165) is 22.2 Å². The van der Waals surface area contributed by atoms with Crippen LogP contribution in [0, 0.1) is 22.7 Å². The van der Waals surface area contributed by atoms with Crippen LogP contribution in [0.3, 0.4) is 0 Å². The molecule has 1 unspecified atom stereocenters. The van der Waals surface area contributed by atoms with Gasteiger partial charge < -0.3 is 0 Å². The van der Waals surface area contributed by atoms with Crippen molar-refractivity contribution in [1.82, 2.24) is 4.57 Å². The highest BCUT2D eigenvalue weighted by Gasteiger charge is 2.21. The number of hydrogen-bond acceptors (Lipinski definition) is 2. The molecule has 0 aliphatic carbocycles. The number of rotatable bonds is 2. The van der Waals surface area contributed by atoms with Gasteiger partial charge >= 0.3 is 0 Å². The smallest absolute Gasteiger partial charge is 0.130 e. The van der Waals surface area contributed by atoms with Crippen LogP contribution in [-0.4, -0.2) is 4.57 Å². The molecule has 4 heteroatoms. The molecule has 0 amide bonds. The fourth-order valence-electron chi connectivity index (χ4n) is 2.79. The molecule has 3 nitrogen and oxygen atoms in total. The number of para-hydroxylation sites is 2. The van der Waals surface area contributed by atoms with Gasteiger partial charge in [0.2, 0.25) is 0 Å². The van der Waals surface area contributed by atoms with Crippen molar-refractivity contribution in [2.24, 2.45) is 0 Å². The van der Waals surface area contributed by atoms with Gasteiger partial charge in [0, 0.05) is 15.8 Å². The summed E-state index contributed by atoms with van der Waals surface area (Å²) >= 11 is 3.59. The lowest BCUT2D eigenvalue weighted by Crippen LogP contribution is -2.01. The molecule has 22 heavy (non-hydrogen) atoms. The van der Waals surface area contributed by atoms with Crippen molar-refractivity contribution < 1.29 is 0 Å². The Kier molecular flexibility index (Phi) is 3.71. The monoisotopic (exact) mass is 349 g/mol. The molecule has 106 valence electrons. The predicted molar refractivity (Wildman–Crippen MR) is 90.0 cm³/mol. The minimum atomic E-state index is 0.0440. The number of halogens is 1. The highest BCUT2D eigenvalue weighted by atomic mass is 79.9. The average molecular weight is 350 g/mol. The maximum absolute atomic E-state index is 9.70. The second-order valence-corrected chi connectivity index (χ2v) is 6.35. The third-order valence-electron chi connectivity index (χ3n) is 3.68. The van der Waals surface area contributed by atoms with Crippen LogP contribution >= 0.6 is 15.9 Å².